The van der Waals surface area contributed by atoms with Crippen molar-refractivity contribution < 1.29 is 8.78 Å². The molecule has 2 aromatic rings. The van der Waals surface area contributed by atoms with Crippen LogP contribution in [0.2, 0.25) is 0 Å². The number of likely N-dealkylation sites (N-methyl/N-ethyl adjacent to an activating group) is 1. The quantitative estimate of drug-likeness (QED) is 0.878. The summed E-state index contributed by atoms with van der Waals surface area (Å²) in [5.74, 6) is -1.58. The lowest BCUT2D eigenvalue weighted by atomic mass is 9.97. The number of benzene rings is 2. The largest absolute Gasteiger partial charge is 0.316 e. The molecule has 0 saturated carbocycles. The van der Waals surface area contributed by atoms with Gasteiger partial charge in [-0.1, -0.05) is 35.4 Å². The van der Waals surface area contributed by atoms with Gasteiger partial charge in [-0.2, -0.15) is 0 Å². The van der Waals surface area contributed by atoms with Crippen LogP contribution in [0, 0.1) is 25.5 Å². The summed E-state index contributed by atoms with van der Waals surface area (Å²) in [6.07, 6.45) is 1.53. The van der Waals surface area contributed by atoms with Crippen LogP contribution in [-0.2, 0) is 12.8 Å². The molecule has 0 bridgehead atoms. The van der Waals surface area contributed by atoms with Crippen LogP contribution >= 0.6 is 0 Å². The van der Waals surface area contributed by atoms with Crippen molar-refractivity contribution in [2.45, 2.75) is 32.7 Å². The van der Waals surface area contributed by atoms with E-state index in [2.05, 4.69) is 37.4 Å². The van der Waals surface area contributed by atoms with Gasteiger partial charge in [-0.05, 0) is 57.0 Å². The normalized spacial score (nSPS) is 12.4. The molecule has 1 nitrogen and oxygen atoms in total. The maximum atomic E-state index is 13.3. The molecular weight excluding hydrogens is 268 g/mol. The third-order valence-electron chi connectivity index (χ3n) is 3.64. The van der Waals surface area contributed by atoms with Crippen LogP contribution in [0.3, 0.4) is 0 Å². The Kier molecular flexibility index (Phi) is 5.07. The first kappa shape index (κ1) is 15.6. The van der Waals surface area contributed by atoms with Crippen molar-refractivity contribution in [1.82, 2.24) is 5.32 Å². The Hall–Kier alpha value is -1.74. The summed E-state index contributed by atoms with van der Waals surface area (Å²) in [5, 5.41) is 3.26. The summed E-state index contributed by atoms with van der Waals surface area (Å²) in [6, 6.07) is 10.8. The van der Waals surface area contributed by atoms with Crippen LogP contribution in [0.15, 0.2) is 36.4 Å². The summed E-state index contributed by atoms with van der Waals surface area (Å²) in [7, 11) is 1.90. The standard InChI is InChI=1S/C18H21F2N/c1-12-6-13(2)8-15(7-12)10-16(21-3)9-14-4-5-17(19)18(20)11-14/h4-8,11,16,21H,9-10H2,1-3H3. The molecule has 0 fully saturated rings. The summed E-state index contributed by atoms with van der Waals surface area (Å²) >= 11 is 0. The zero-order chi connectivity index (χ0) is 15.4. The van der Waals surface area contributed by atoms with E-state index in [1.54, 1.807) is 6.07 Å². The van der Waals surface area contributed by atoms with Crippen LogP contribution in [0.25, 0.3) is 0 Å². The highest BCUT2D eigenvalue weighted by atomic mass is 19.2. The number of hydrogen-bond acceptors (Lipinski definition) is 1. The molecule has 1 N–H and O–H groups in total. The third kappa shape index (κ3) is 4.36. The predicted octanol–water partition coefficient (Wildman–Crippen LogP) is 3.95. The van der Waals surface area contributed by atoms with Gasteiger partial charge in [0.05, 0.1) is 0 Å². The maximum absolute atomic E-state index is 13.3. The highest BCUT2D eigenvalue weighted by Crippen LogP contribution is 2.15. The van der Waals surface area contributed by atoms with E-state index in [0.717, 1.165) is 12.0 Å². The number of nitrogens with one attached hydrogen (secondary N) is 1. The highest BCUT2D eigenvalue weighted by molar-refractivity contribution is 5.29. The van der Waals surface area contributed by atoms with Crippen LogP contribution in [-0.4, -0.2) is 13.1 Å². The minimum absolute atomic E-state index is 0.191. The van der Waals surface area contributed by atoms with E-state index in [1.165, 1.54) is 28.8 Å². The first-order valence-electron chi connectivity index (χ1n) is 7.16. The first-order valence-corrected chi connectivity index (χ1v) is 7.16. The fraction of sp³-hybridized carbons (Fsp3) is 0.333. The van der Waals surface area contributed by atoms with Gasteiger partial charge < -0.3 is 5.32 Å². The minimum atomic E-state index is -0.797. The zero-order valence-electron chi connectivity index (χ0n) is 12.7. The number of aryl methyl sites for hydroxylation is 2. The SMILES string of the molecule is CNC(Cc1cc(C)cc(C)c1)Cc1ccc(F)c(F)c1. The number of rotatable bonds is 5. The zero-order valence-corrected chi connectivity index (χ0v) is 12.7. The van der Waals surface area contributed by atoms with Crippen molar-refractivity contribution in [3.63, 3.8) is 0 Å². The molecule has 21 heavy (non-hydrogen) atoms. The Labute approximate surface area is 125 Å². The van der Waals surface area contributed by atoms with E-state index in [-0.39, 0.29) is 6.04 Å². The number of halogens is 2. The fourth-order valence-electron chi connectivity index (χ4n) is 2.70. The lowest BCUT2D eigenvalue weighted by Crippen LogP contribution is -2.30. The van der Waals surface area contributed by atoms with E-state index in [1.807, 2.05) is 7.05 Å². The van der Waals surface area contributed by atoms with E-state index < -0.39 is 11.6 Å². The Morgan fingerprint density at radius 1 is 0.857 bits per heavy atom. The molecule has 2 rings (SSSR count). The highest BCUT2D eigenvalue weighted by Gasteiger charge is 2.11. The van der Waals surface area contributed by atoms with Crippen molar-refractivity contribution in [1.29, 1.82) is 0 Å². The van der Waals surface area contributed by atoms with Gasteiger partial charge in [-0.25, -0.2) is 8.78 Å². The van der Waals surface area contributed by atoms with Crippen LogP contribution in [0.5, 0.6) is 0 Å². The molecule has 0 heterocycles. The van der Waals surface area contributed by atoms with Crippen molar-refractivity contribution >= 4 is 0 Å². The summed E-state index contributed by atoms with van der Waals surface area (Å²) in [5.41, 5.74) is 4.55. The van der Waals surface area contributed by atoms with Crippen molar-refractivity contribution in [2.75, 3.05) is 7.05 Å². The third-order valence-corrected chi connectivity index (χ3v) is 3.64. The second-order valence-corrected chi connectivity index (χ2v) is 5.64. The van der Waals surface area contributed by atoms with Gasteiger partial charge in [0.2, 0.25) is 0 Å². The molecule has 0 amide bonds. The van der Waals surface area contributed by atoms with Gasteiger partial charge in [0, 0.05) is 6.04 Å². The lowest BCUT2D eigenvalue weighted by Gasteiger charge is -2.17. The minimum Gasteiger partial charge on any atom is -0.316 e. The predicted molar refractivity (Wildman–Crippen MR) is 82.5 cm³/mol. The molecule has 0 aliphatic carbocycles. The maximum Gasteiger partial charge on any atom is 0.159 e. The Balaban J connectivity index is 2.10. The van der Waals surface area contributed by atoms with Crippen molar-refractivity contribution in [3.05, 3.63) is 70.3 Å². The Morgan fingerprint density at radius 2 is 1.48 bits per heavy atom. The average molecular weight is 289 g/mol. The lowest BCUT2D eigenvalue weighted by molar-refractivity contribution is 0.503. The molecule has 0 spiro atoms. The van der Waals surface area contributed by atoms with E-state index in [0.29, 0.717) is 6.42 Å². The molecular formula is C18H21F2N. The van der Waals surface area contributed by atoms with Crippen LogP contribution < -0.4 is 5.32 Å². The van der Waals surface area contributed by atoms with Gasteiger partial charge in [0.15, 0.2) is 11.6 Å². The fourth-order valence-corrected chi connectivity index (χ4v) is 2.70. The van der Waals surface area contributed by atoms with Gasteiger partial charge in [0.25, 0.3) is 0 Å². The molecule has 0 aromatic heterocycles. The molecule has 112 valence electrons. The first-order chi connectivity index (χ1) is 9.97. The van der Waals surface area contributed by atoms with Gasteiger partial charge in [-0.3, -0.25) is 0 Å². The van der Waals surface area contributed by atoms with Crippen LogP contribution in [0.4, 0.5) is 8.78 Å². The smallest absolute Gasteiger partial charge is 0.159 e. The second kappa shape index (κ2) is 6.81. The monoisotopic (exact) mass is 289 g/mol. The molecule has 2 aromatic carbocycles. The summed E-state index contributed by atoms with van der Waals surface area (Å²) < 4.78 is 26.2. The van der Waals surface area contributed by atoms with Crippen LogP contribution in [0.1, 0.15) is 22.3 Å². The molecule has 0 aliphatic rings. The van der Waals surface area contributed by atoms with Gasteiger partial charge >= 0.3 is 0 Å². The molecule has 3 heteroatoms. The van der Waals surface area contributed by atoms with Crippen molar-refractivity contribution in [3.8, 4) is 0 Å². The van der Waals surface area contributed by atoms with E-state index in [4.69, 9.17) is 0 Å². The molecule has 1 atom stereocenters. The Bertz CT molecular complexity index is 602. The summed E-state index contributed by atoms with van der Waals surface area (Å²) in [4.78, 5) is 0. The molecule has 0 radical (unpaired) electrons. The average Bonchev–Trinajstić information content (AvgIpc) is 2.41. The molecule has 0 saturated heterocycles. The molecule has 0 aliphatic heterocycles. The van der Waals surface area contributed by atoms with Gasteiger partial charge in [0.1, 0.15) is 0 Å². The summed E-state index contributed by atoms with van der Waals surface area (Å²) in [6.45, 7) is 4.17. The van der Waals surface area contributed by atoms with Crippen molar-refractivity contribution in [2.24, 2.45) is 0 Å². The van der Waals surface area contributed by atoms with Gasteiger partial charge in [-0.15, -0.1) is 0 Å². The van der Waals surface area contributed by atoms with E-state index >= 15 is 0 Å². The second-order valence-electron chi connectivity index (χ2n) is 5.64. The Morgan fingerprint density at radius 3 is 2.05 bits per heavy atom. The molecule has 1 unspecified atom stereocenters. The topological polar surface area (TPSA) is 12.0 Å². The number of hydrogen-bond donors (Lipinski definition) is 1. The van der Waals surface area contributed by atoms with E-state index in [9.17, 15) is 8.78 Å².